The van der Waals surface area contributed by atoms with E-state index in [9.17, 15) is 19.5 Å². The summed E-state index contributed by atoms with van der Waals surface area (Å²) < 4.78 is 6.63. The fraction of sp³-hybridized carbons (Fsp3) is 0.581. The molecule has 0 radical (unpaired) electrons. The first kappa shape index (κ1) is 29.0. The molecule has 1 aromatic carbocycles. The third-order valence-electron chi connectivity index (χ3n) is 8.57. The molecule has 39 heavy (non-hydrogen) atoms. The quantitative estimate of drug-likeness (QED) is 0.308. The van der Waals surface area contributed by atoms with E-state index in [2.05, 4.69) is 13.2 Å². The summed E-state index contributed by atoms with van der Waals surface area (Å²) in [5, 5.41) is 9.42. The summed E-state index contributed by atoms with van der Waals surface area (Å²) >= 11 is 0. The van der Waals surface area contributed by atoms with Gasteiger partial charge in [-0.3, -0.25) is 14.4 Å². The minimum absolute atomic E-state index is 0.00737. The summed E-state index contributed by atoms with van der Waals surface area (Å²) in [7, 11) is 0. The largest absolute Gasteiger partial charge is 0.396 e. The maximum Gasteiger partial charge on any atom is 0.253 e. The second kappa shape index (κ2) is 12.0. The number of nitrogens with zero attached hydrogens (tertiary/aromatic N) is 3. The van der Waals surface area contributed by atoms with Crippen LogP contribution in [0.1, 0.15) is 50.2 Å². The molecule has 1 spiro atoms. The lowest BCUT2D eigenvalue weighted by Gasteiger charge is -2.37. The molecule has 0 aliphatic carbocycles. The van der Waals surface area contributed by atoms with Crippen LogP contribution < -0.4 is 4.90 Å². The molecule has 3 amide bonds. The fourth-order valence-electron chi connectivity index (χ4n) is 7.08. The van der Waals surface area contributed by atoms with Gasteiger partial charge in [-0.05, 0) is 57.1 Å². The second-order valence-electron chi connectivity index (χ2n) is 11.1. The topological polar surface area (TPSA) is 90.4 Å². The van der Waals surface area contributed by atoms with Crippen molar-refractivity contribution >= 4 is 23.4 Å². The van der Waals surface area contributed by atoms with E-state index in [0.717, 1.165) is 23.2 Å². The summed E-state index contributed by atoms with van der Waals surface area (Å²) in [6.07, 6.45) is 6.07. The molecule has 8 heteroatoms. The van der Waals surface area contributed by atoms with Gasteiger partial charge >= 0.3 is 0 Å². The molecule has 0 aromatic heterocycles. The normalized spacial score (nSPS) is 27.0. The molecule has 4 rings (SSSR count). The average molecular weight is 538 g/mol. The lowest BCUT2D eigenvalue weighted by atomic mass is 9.70. The highest BCUT2D eigenvalue weighted by Crippen LogP contribution is 2.59. The van der Waals surface area contributed by atoms with Crippen LogP contribution in [-0.2, 0) is 19.1 Å². The van der Waals surface area contributed by atoms with Gasteiger partial charge in [0.1, 0.15) is 11.6 Å². The van der Waals surface area contributed by atoms with E-state index in [-0.39, 0.29) is 30.9 Å². The van der Waals surface area contributed by atoms with Crippen LogP contribution in [0, 0.1) is 25.7 Å². The van der Waals surface area contributed by atoms with E-state index in [1.54, 1.807) is 26.9 Å². The molecule has 3 heterocycles. The van der Waals surface area contributed by atoms with Gasteiger partial charge in [-0.15, -0.1) is 13.2 Å². The van der Waals surface area contributed by atoms with Gasteiger partial charge in [-0.1, -0.05) is 37.3 Å². The van der Waals surface area contributed by atoms with Crippen molar-refractivity contribution in [3.05, 3.63) is 54.6 Å². The van der Waals surface area contributed by atoms with Gasteiger partial charge in [-0.25, -0.2) is 0 Å². The number of carbonyl (C=O) groups excluding carboxylic acids is 3. The predicted octanol–water partition coefficient (Wildman–Crippen LogP) is 3.39. The highest BCUT2D eigenvalue weighted by molar-refractivity contribution is 6.05. The first-order valence-electron chi connectivity index (χ1n) is 14.2. The van der Waals surface area contributed by atoms with Crippen molar-refractivity contribution in [1.82, 2.24) is 9.80 Å². The number of rotatable bonds is 13. The molecule has 0 saturated carbocycles. The van der Waals surface area contributed by atoms with Crippen LogP contribution in [0.15, 0.2) is 43.5 Å². The number of amides is 3. The maximum absolute atomic E-state index is 14.6. The van der Waals surface area contributed by atoms with Crippen molar-refractivity contribution in [2.75, 3.05) is 37.7 Å². The molecular weight excluding hydrogens is 494 g/mol. The van der Waals surface area contributed by atoms with Gasteiger partial charge in [0, 0.05) is 38.5 Å². The third-order valence-corrected chi connectivity index (χ3v) is 8.57. The van der Waals surface area contributed by atoms with Gasteiger partial charge in [0.25, 0.3) is 5.91 Å². The monoisotopic (exact) mass is 537 g/mol. The lowest BCUT2D eigenvalue weighted by Crippen LogP contribution is -2.57. The first-order chi connectivity index (χ1) is 18.8. The number of unbranched alkanes of at least 4 members (excludes halogenated alkanes) is 1. The summed E-state index contributed by atoms with van der Waals surface area (Å²) in [5.74, 6) is -1.83. The molecule has 2 unspecified atom stereocenters. The van der Waals surface area contributed by atoms with Crippen LogP contribution in [0.25, 0.3) is 0 Å². The number of fused-ring (bicyclic) bond motifs is 1. The number of ether oxygens (including phenoxy) is 1. The standard InChI is InChI=1S/C31H43N3O5/c1-6-16-32(17-7-2)28(36)24-23-14-15-31(39-23)25(24)29(37)34(19-9-10-20-35)27(31)30(38)33(18-8-3)26-21(4)12-11-13-22(26)5/h6,8,11-13,23-25,27,35H,1,3,7,9-10,14-20H2,2,4-5H3/t23-,24+,25+,27?,31?/m1/s1. The molecule has 3 fully saturated rings. The van der Waals surface area contributed by atoms with Crippen molar-refractivity contribution < 1.29 is 24.2 Å². The van der Waals surface area contributed by atoms with Crippen LogP contribution in [0.3, 0.4) is 0 Å². The molecular formula is C31H43N3O5. The number of hydrogen-bond acceptors (Lipinski definition) is 5. The Hall–Kier alpha value is -2.97. The minimum Gasteiger partial charge on any atom is -0.396 e. The number of aryl methyl sites for hydroxylation is 2. The number of likely N-dealkylation sites (tertiary alicyclic amines) is 1. The van der Waals surface area contributed by atoms with Crippen molar-refractivity contribution in [3.63, 3.8) is 0 Å². The molecule has 1 N–H and O–H groups in total. The third kappa shape index (κ3) is 4.93. The van der Waals surface area contributed by atoms with Crippen molar-refractivity contribution in [3.8, 4) is 0 Å². The van der Waals surface area contributed by atoms with E-state index in [1.807, 2.05) is 39.0 Å². The van der Waals surface area contributed by atoms with Crippen molar-refractivity contribution in [2.45, 2.75) is 70.6 Å². The van der Waals surface area contributed by atoms with E-state index >= 15 is 0 Å². The number of carbonyl (C=O) groups is 3. The maximum atomic E-state index is 14.6. The van der Waals surface area contributed by atoms with E-state index < -0.39 is 29.6 Å². The summed E-state index contributed by atoms with van der Waals surface area (Å²) in [6.45, 7) is 15.3. The summed E-state index contributed by atoms with van der Waals surface area (Å²) in [6, 6.07) is 5.05. The fourth-order valence-corrected chi connectivity index (χ4v) is 7.08. The average Bonchev–Trinajstić information content (AvgIpc) is 3.55. The molecule has 212 valence electrons. The van der Waals surface area contributed by atoms with E-state index in [4.69, 9.17) is 4.74 Å². The number of anilines is 1. The number of hydrogen-bond donors (Lipinski definition) is 1. The molecule has 2 bridgehead atoms. The van der Waals surface area contributed by atoms with E-state index in [1.165, 1.54) is 0 Å². The Morgan fingerprint density at radius 2 is 1.85 bits per heavy atom. The summed E-state index contributed by atoms with van der Waals surface area (Å²) in [4.78, 5) is 47.8. The van der Waals surface area contributed by atoms with Gasteiger partial charge < -0.3 is 24.5 Å². The molecule has 8 nitrogen and oxygen atoms in total. The van der Waals surface area contributed by atoms with Crippen LogP contribution >= 0.6 is 0 Å². The van der Waals surface area contributed by atoms with Crippen molar-refractivity contribution in [2.24, 2.45) is 11.8 Å². The Morgan fingerprint density at radius 3 is 2.46 bits per heavy atom. The van der Waals surface area contributed by atoms with Gasteiger partial charge in [0.15, 0.2) is 0 Å². The number of para-hydroxylation sites is 1. The number of benzene rings is 1. The van der Waals surface area contributed by atoms with E-state index in [0.29, 0.717) is 45.3 Å². The first-order valence-corrected chi connectivity index (χ1v) is 14.2. The Labute approximate surface area is 232 Å². The Kier molecular flexibility index (Phi) is 8.96. The zero-order valence-electron chi connectivity index (χ0n) is 23.6. The lowest BCUT2D eigenvalue weighted by molar-refractivity contribution is -0.145. The zero-order valence-corrected chi connectivity index (χ0v) is 23.6. The molecule has 3 saturated heterocycles. The molecule has 1 aromatic rings. The molecule has 5 atom stereocenters. The smallest absolute Gasteiger partial charge is 0.253 e. The van der Waals surface area contributed by atoms with Crippen LogP contribution in [0.5, 0.6) is 0 Å². The zero-order chi connectivity index (χ0) is 28.3. The Bertz CT molecular complexity index is 1100. The predicted molar refractivity (Wildman–Crippen MR) is 151 cm³/mol. The second-order valence-corrected chi connectivity index (χ2v) is 11.1. The number of aliphatic hydroxyl groups excluding tert-OH is 1. The molecule has 3 aliphatic heterocycles. The SMILES string of the molecule is C=CCN(CCC)C(=O)[C@@H]1[C@H]2C(=O)N(CCCCO)C(C(=O)N(CC=C)c3c(C)cccc3C)C23CC[C@H]1O3. The van der Waals surface area contributed by atoms with Crippen LogP contribution in [0.2, 0.25) is 0 Å². The van der Waals surface area contributed by atoms with Crippen molar-refractivity contribution in [1.29, 1.82) is 0 Å². The molecule has 3 aliphatic rings. The Morgan fingerprint density at radius 1 is 1.15 bits per heavy atom. The highest BCUT2D eigenvalue weighted by Gasteiger charge is 2.74. The van der Waals surface area contributed by atoms with Crippen LogP contribution in [0.4, 0.5) is 5.69 Å². The highest BCUT2D eigenvalue weighted by atomic mass is 16.5. The number of aliphatic hydroxyl groups is 1. The minimum atomic E-state index is -1.06. The van der Waals surface area contributed by atoms with Crippen LogP contribution in [-0.4, -0.2) is 83.2 Å². The van der Waals surface area contributed by atoms with Gasteiger partial charge in [-0.2, -0.15) is 0 Å². The van der Waals surface area contributed by atoms with Gasteiger partial charge in [0.2, 0.25) is 11.8 Å². The van der Waals surface area contributed by atoms with Gasteiger partial charge in [0.05, 0.1) is 17.9 Å². The summed E-state index contributed by atoms with van der Waals surface area (Å²) in [5.41, 5.74) is 1.67. The Balaban J connectivity index is 1.78.